The fraction of sp³-hybridized carbons (Fsp3) is 0.455. The number of aromatic nitrogens is 1. The lowest BCUT2D eigenvalue weighted by molar-refractivity contribution is 0.593. The maximum absolute atomic E-state index is 11.6. The van der Waals surface area contributed by atoms with Crippen LogP contribution in [0.4, 0.5) is 0 Å². The summed E-state index contributed by atoms with van der Waals surface area (Å²) in [6.07, 6.45) is 1.98. The van der Waals surface area contributed by atoms with Crippen LogP contribution >= 0.6 is 15.9 Å². The lowest BCUT2D eigenvalue weighted by atomic mass is 10.3. The van der Waals surface area contributed by atoms with E-state index in [1.807, 2.05) is 25.1 Å². The van der Waals surface area contributed by atoms with Gasteiger partial charge in [-0.2, -0.15) is 0 Å². The molecule has 1 rings (SSSR count). The smallest absolute Gasteiger partial charge is 0.133 e. The predicted octanol–water partition coefficient (Wildman–Crippen LogP) is 3.12. The van der Waals surface area contributed by atoms with E-state index in [0.717, 1.165) is 28.9 Å². The van der Waals surface area contributed by atoms with E-state index in [1.54, 1.807) is 0 Å². The standard InChI is InChI=1S/C11H15BrN2OS/c1-3-4-8-16(15)14-9(2)10-6-5-7-11(12)13-10/h5-7H,3-4,8H2,1-2H3/b14-9-. The van der Waals surface area contributed by atoms with Crippen molar-refractivity contribution in [2.75, 3.05) is 5.75 Å². The highest BCUT2D eigenvalue weighted by Crippen LogP contribution is 2.09. The van der Waals surface area contributed by atoms with Gasteiger partial charge in [0.15, 0.2) is 0 Å². The number of hydrogen-bond donors (Lipinski definition) is 0. The van der Waals surface area contributed by atoms with Crippen molar-refractivity contribution < 1.29 is 4.55 Å². The molecule has 0 amide bonds. The van der Waals surface area contributed by atoms with Gasteiger partial charge in [0.25, 0.3) is 0 Å². The Balaban J connectivity index is 2.69. The van der Waals surface area contributed by atoms with Crippen LogP contribution in [-0.4, -0.2) is 21.0 Å². The van der Waals surface area contributed by atoms with Gasteiger partial charge in [-0.25, -0.2) is 4.98 Å². The van der Waals surface area contributed by atoms with E-state index in [4.69, 9.17) is 0 Å². The first-order valence-electron chi connectivity index (χ1n) is 5.20. The van der Waals surface area contributed by atoms with E-state index < -0.39 is 11.4 Å². The van der Waals surface area contributed by atoms with E-state index in [2.05, 4.69) is 32.2 Å². The normalized spacial score (nSPS) is 13.9. The van der Waals surface area contributed by atoms with Gasteiger partial charge in [0.1, 0.15) is 16.1 Å². The molecular weight excluding hydrogens is 288 g/mol. The van der Waals surface area contributed by atoms with Crippen LogP contribution < -0.4 is 0 Å². The van der Waals surface area contributed by atoms with Gasteiger partial charge in [0.05, 0.1) is 17.1 Å². The number of hydrogen-bond acceptors (Lipinski definition) is 3. The van der Waals surface area contributed by atoms with Gasteiger partial charge in [0.2, 0.25) is 0 Å². The van der Waals surface area contributed by atoms with Gasteiger partial charge in [-0.05, 0) is 41.4 Å². The number of nitrogens with zero attached hydrogens (tertiary/aromatic N) is 2. The molecule has 1 aromatic rings. The molecule has 16 heavy (non-hydrogen) atoms. The van der Waals surface area contributed by atoms with Crippen molar-refractivity contribution in [3.63, 3.8) is 0 Å². The van der Waals surface area contributed by atoms with E-state index in [0.29, 0.717) is 5.75 Å². The van der Waals surface area contributed by atoms with Crippen molar-refractivity contribution in [1.82, 2.24) is 4.98 Å². The first-order chi connectivity index (χ1) is 7.63. The summed E-state index contributed by atoms with van der Waals surface area (Å²) in [6.45, 7) is 3.91. The summed E-state index contributed by atoms with van der Waals surface area (Å²) in [6, 6.07) is 5.60. The third-order valence-electron chi connectivity index (χ3n) is 2.00. The van der Waals surface area contributed by atoms with Crippen molar-refractivity contribution in [3.05, 3.63) is 28.5 Å². The molecule has 0 aliphatic carbocycles. The van der Waals surface area contributed by atoms with Crippen LogP contribution in [0.5, 0.6) is 0 Å². The summed E-state index contributed by atoms with van der Waals surface area (Å²) in [5.41, 5.74) is 1.48. The van der Waals surface area contributed by atoms with Crippen molar-refractivity contribution >= 4 is 33.0 Å². The van der Waals surface area contributed by atoms with Gasteiger partial charge >= 0.3 is 0 Å². The van der Waals surface area contributed by atoms with Crippen LogP contribution in [0, 0.1) is 0 Å². The van der Waals surface area contributed by atoms with Crippen LogP contribution in [0.1, 0.15) is 32.4 Å². The Morgan fingerprint density at radius 2 is 2.31 bits per heavy atom. The number of halogens is 1. The van der Waals surface area contributed by atoms with Crippen LogP contribution in [0.3, 0.4) is 0 Å². The van der Waals surface area contributed by atoms with E-state index >= 15 is 0 Å². The summed E-state index contributed by atoms with van der Waals surface area (Å²) in [5.74, 6) is 0.627. The molecule has 0 saturated carbocycles. The Hall–Kier alpha value is -0.390. The monoisotopic (exact) mass is 302 g/mol. The third kappa shape index (κ3) is 4.63. The second-order valence-corrected chi connectivity index (χ2v) is 5.45. The van der Waals surface area contributed by atoms with Gasteiger partial charge in [0, 0.05) is 0 Å². The minimum absolute atomic E-state index is 0.627. The molecule has 88 valence electrons. The molecule has 0 aliphatic rings. The number of unbranched alkanes of at least 4 members (excludes halogenated alkanes) is 1. The van der Waals surface area contributed by atoms with Crippen LogP contribution in [-0.2, 0) is 11.4 Å². The minimum Gasteiger partial charge on any atom is -0.591 e. The maximum atomic E-state index is 11.6. The highest BCUT2D eigenvalue weighted by atomic mass is 79.9. The topological polar surface area (TPSA) is 48.3 Å². The largest absolute Gasteiger partial charge is 0.591 e. The SMILES string of the molecule is CCCC[S+]([O-])/N=C(/C)c1cccc(Br)n1. The predicted molar refractivity (Wildman–Crippen MR) is 72.1 cm³/mol. The number of pyridine rings is 1. The second-order valence-electron chi connectivity index (χ2n) is 3.40. The molecule has 3 nitrogen and oxygen atoms in total. The molecule has 1 heterocycles. The van der Waals surface area contributed by atoms with Crippen molar-refractivity contribution in [2.45, 2.75) is 26.7 Å². The molecular formula is C11H15BrN2OS. The Morgan fingerprint density at radius 1 is 1.56 bits per heavy atom. The molecule has 0 fully saturated rings. The van der Waals surface area contributed by atoms with Crippen LogP contribution in [0.15, 0.2) is 27.2 Å². The molecule has 0 N–H and O–H groups in total. The van der Waals surface area contributed by atoms with Crippen LogP contribution in [0.2, 0.25) is 0 Å². The fourth-order valence-corrected chi connectivity index (χ4v) is 2.49. The molecule has 0 radical (unpaired) electrons. The zero-order valence-electron chi connectivity index (χ0n) is 9.44. The molecule has 0 aromatic carbocycles. The van der Waals surface area contributed by atoms with Crippen molar-refractivity contribution in [3.8, 4) is 0 Å². The highest BCUT2D eigenvalue weighted by Gasteiger charge is 2.07. The lowest BCUT2D eigenvalue weighted by Crippen LogP contribution is -2.07. The Kier molecular flexibility index (Phi) is 6.01. The van der Waals surface area contributed by atoms with Gasteiger partial charge in [-0.1, -0.05) is 23.8 Å². The quantitative estimate of drug-likeness (QED) is 0.477. The fourth-order valence-electron chi connectivity index (χ4n) is 1.12. The Labute approximate surface area is 108 Å². The third-order valence-corrected chi connectivity index (χ3v) is 3.55. The van der Waals surface area contributed by atoms with Gasteiger partial charge < -0.3 is 4.55 Å². The molecule has 1 unspecified atom stereocenters. The molecule has 0 spiro atoms. The molecule has 0 bridgehead atoms. The molecule has 0 saturated heterocycles. The van der Waals surface area contributed by atoms with Crippen molar-refractivity contribution in [1.29, 1.82) is 0 Å². The van der Waals surface area contributed by atoms with E-state index in [-0.39, 0.29) is 0 Å². The van der Waals surface area contributed by atoms with E-state index in [9.17, 15) is 4.55 Å². The molecule has 1 aromatic heterocycles. The zero-order chi connectivity index (χ0) is 12.0. The van der Waals surface area contributed by atoms with Crippen LogP contribution in [0.25, 0.3) is 0 Å². The summed E-state index contributed by atoms with van der Waals surface area (Å²) >= 11 is 2.17. The first kappa shape index (κ1) is 13.7. The number of rotatable bonds is 5. The highest BCUT2D eigenvalue weighted by molar-refractivity contribution is 9.10. The lowest BCUT2D eigenvalue weighted by Gasteiger charge is -2.04. The summed E-state index contributed by atoms with van der Waals surface area (Å²) in [7, 11) is 0. The summed E-state index contributed by atoms with van der Waals surface area (Å²) in [5, 5.41) is 0. The molecule has 0 aliphatic heterocycles. The van der Waals surface area contributed by atoms with Gasteiger partial charge in [-0.3, -0.25) is 0 Å². The average Bonchev–Trinajstić information content (AvgIpc) is 2.26. The Morgan fingerprint density at radius 3 is 2.94 bits per heavy atom. The molecule has 1 atom stereocenters. The molecule has 5 heteroatoms. The maximum Gasteiger partial charge on any atom is 0.133 e. The second kappa shape index (κ2) is 7.04. The van der Waals surface area contributed by atoms with Crippen molar-refractivity contribution in [2.24, 2.45) is 4.40 Å². The van der Waals surface area contributed by atoms with Gasteiger partial charge in [-0.15, -0.1) is 0 Å². The first-order valence-corrected chi connectivity index (χ1v) is 7.27. The Bertz CT molecular complexity index is 371. The minimum atomic E-state index is -1.12. The summed E-state index contributed by atoms with van der Waals surface area (Å²) in [4.78, 5) is 4.26. The zero-order valence-corrected chi connectivity index (χ0v) is 11.8. The average molecular weight is 303 g/mol. The summed E-state index contributed by atoms with van der Waals surface area (Å²) < 4.78 is 16.4. The van der Waals surface area contributed by atoms with E-state index in [1.165, 1.54) is 0 Å².